The molecule has 0 aromatic heterocycles. The number of hydrogen-bond acceptors (Lipinski definition) is 11. The number of methoxy groups -OCH3 is 2. The predicted molar refractivity (Wildman–Crippen MR) is 232 cm³/mol. The van der Waals surface area contributed by atoms with Gasteiger partial charge in [-0.05, 0) is 123 Å². The Hall–Kier alpha value is -5.31. The summed E-state index contributed by atoms with van der Waals surface area (Å²) in [6.07, 6.45) is 6.31. The number of thioether (sulfide) groups is 1. The third kappa shape index (κ3) is 8.50. The predicted octanol–water partition coefficient (Wildman–Crippen LogP) is 7.67. The number of rotatable bonds is 7. The first-order valence-electron chi connectivity index (χ1n) is 21.2. The number of benzene rings is 4. The third-order valence-electron chi connectivity index (χ3n) is 12.9. The molecular weight excluding hydrogens is 797 g/mol. The average molecular weight is 851 g/mol. The van der Waals surface area contributed by atoms with Crippen molar-refractivity contribution >= 4 is 23.8 Å². The van der Waals surface area contributed by atoms with Gasteiger partial charge < -0.3 is 44.2 Å². The van der Waals surface area contributed by atoms with E-state index in [1.54, 1.807) is 14.2 Å². The molecule has 2 fully saturated rings. The van der Waals surface area contributed by atoms with E-state index < -0.39 is 5.97 Å². The highest BCUT2D eigenvalue weighted by Crippen LogP contribution is 2.53. The zero-order chi connectivity index (χ0) is 42.2. The molecule has 0 unspecified atom stereocenters. The van der Waals surface area contributed by atoms with Crippen molar-refractivity contribution in [3.8, 4) is 46.0 Å². The van der Waals surface area contributed by atoms with Crippen LogP contribution in [0.25, 0.3) is 0 Å². The molecule has 5 atom stereocenters. The van der Waals surface area contributed by atoms with Crippen LogP contribution in [0.3, 0.4) is 0 Å². The lowest BCUT2D eigenvalue weighted by Crippen LogP contribution is -2.36. The number of nitrogens with one attached hydrogen (secondary N) is 2. The number of nitrogens with zero attached hydrogens (tertiary/aromatic N) is 2. The van der Waals surface area contributed by atoms with E-state index in [0.29, 0.717) is 34.0 Å². The van der Waals surface area contributed by atoms with Gasteiger partial charge in [0.15, 0.2) is 34.5 Å². The van der Waals surface area contributed by atoms with Crippen LogP contribution in [0.2, 0.25) is 0 Å². The molecule has 61 heavy (non-hydrogen) atoms. The van der Waals surface area contributed by atoms with Gasteiger partial charge >= 0.3 is 12.0 Å². The van der Waals surface area contributed by atoms with Gasteiger partial charge in [-0.25, -0.2) is 4.79 Å². The molecule has 7 heterocycles. The molecule has 0 spiro atoms. The molecule has 6 bridgehead atoms. The minimum atomic E-state index is -0.729. The monoisotopic (exact) mass is 850 g/mol. The second-order valence-electron chi connectivity index (χ2n) is 16.7. The maximum atomic E-state index is 11.1. The second kappa shape index (κ2) is 17.6. The standard InChI is InChI=1S/C37H38N2O6.C10H16N2O3S/c1-38-13-11-24-18-31(41-4)33-20-27(24)28(38)16-23-7-10-30(40-3)32(17-23)44-26-8-5-22(6-9-26)15-29-35-25(12-14-39(29)2)19-34-36(37(35)45-33)43-21-42-34;13-8(14)4-2-1-3-7-9-6(5-16-7)11-10(15)12-9/h5-10,17-20,28-29H,11-16,21H2,1-4H3;6-7,9H,1-5H2,(H,13,14)(H2,11,12,15)/t28-,29+;6-,7-,9-/m10/s1. The molecule has 13 nitrogen and oxygen atoms in total. The smallest absolute Gasteiger partial charge is 0.315 e. The maximum absolute atomic E-state index is 11.1. The first-order valence-corrected chi connectivity index (χ1v) is 22.3. The lowest BCUT2D eigenvalue weighted by Gasteiger charge is -2.37. The van der Waals surface area contributed by atoms with Crippen LogP contribution in [0, 0.1) is 0 Å². The van der Waals surface area contributed by atoms with E-state index in [1.807, 2.05) is 30.0 Å². The summed E-state index contributed by atoms with van der Waals surface area (Å²) >= 11 is 1.87. The van der Waals surface area contributed by atoms with Crippen molar-refractivity contribution in [2.75, 3.05) is 54.0 Å². The SMILES string of the molecule is COc1ccc2cc1Oc1ccc(cc1)C[C@H]1c3c(cc4c(c3Oc3cc5c(cc3OC)CCN(C)[C@@H]5C2)OCO4)CCN1C.O=C(O)CCCC[C@@H]1SC[C@@H]2NC(=O)N[C@@H]21. The summed E-state index contributed by atoms with van der Waals surface area (Å²) in [5.74, 6) is 5.94. The summed E-state index contributed by atoms with van der Waals surface area (Å²) in [6, 6.07) is 21.7. The maximum Gasteiger partial charge on any atom is 0.315 e. The lowest BCUT2D eigenvalue weighted by molar-refractivity contribution is -0.137. The Bertz CT molecular complexity index is 2290. The molecule has 7 aliphatic rings. The Morgan fingerprint density at radius 1 is 0.803 bits per heavy atom. The first kappa shape index (κ1) is 41.1. The Morgan fingerprint density at radius 2 is 1.54 bits per heavy atom. The molecule has 2 amide bonds. The van der Waals surface area contributed by atoms with Crippen molar-refractivity contribution in [2.45, 2.75) is 80.8 Å². The van der Waals surface area contributed by atoms with E-state index in [0.717, 1.165) is 92.2 Å². The molecule has 3 N–H and O–H groups in total. The molecule has 4 aromatic rings. The number of urea groups is 1. The number of unbranched alkanes of at least 4 members (excludes halogenated alkanes) is 1. The zero-order valence-corrected chi connectivity index (χ0v) is 36.0. The van der Waals surface area contributed by atoms with E-state index >= 15 is 0 Å². The van der Waals surface area contributed by atoms with E-state index in [2.05, 4.69) is 77.0 Å². The van der Waals surface area contributed by atoms with Gasteiger partial charge in [-0.2, -0.15) is 11.8 Å². The number of carboxylic acids is 1. The van der Waals surface area contributed by atoms with Crippen molar-refractivity contribution in [3.05, 3.63) is 94.0 Å². The molecule has 11 rings (SSSR count). The van der Waals surface area contributed by atoms with Crippen LogP contribution in [-0.2, 0) is 30.5 Å². The number of fused-ring (bicyclic) bond motifs is 4. The van der Waals surface area contributed by atoms with Crippen LogP contribution in [-0.4, -0.2) is 98.2 Å². The van der Waals surface area contributed by atoms with Crippen molar-refractivity contribution in [2.24, 2.45) is 0 Å². The van der Waals surface area contributed by atoms with Gasteiger partial charge in [-0.1, -0.05) is 24.6 Å². The van der Waals surface area contributed by atoms with Crippen LogP contribution < -0.4 is 39.1 Å². The molecular formula is C47H54N4O9S. The Morgan fingerprint density at radius 3 is 2.33 bits per heavy atom. The summed E-state index contributed by atoms with van der Waals surface area (Å²) in [4.78, 5) is 26.3. The average Bonchev–Trinajstić information content (AvgIpc) is 3.98. The number of carbonyl (C=O) groups excluding carboxylic acids is 1. The second-order valence-corrected chi connectivity index (χ2v) is 18.0. The number of carbonyl (C=O) groups is 2. The minimum Gasteiger partial charge on any atom is -0.493 e. The molecule has 322 valence electrons. The molecule has 14 heteroatoms. The summed E-state index contributed by atoms with van der Waals surface area (Å²) < 4.78 is 37.1. The van der Waals surface area contributed by atoms with Crippen LogP contribution in [0.5, 0.6) is 46.0 Å². The van der Waals surface area contributed by atoms with E-state index in [9.17, 15) is 9.59 Å². The normalized spacial score (nSPS) is 23.4. The lowest BCUT2D eigenvalue weighted by atomic mass is 9.87. The van der Waals surface area contributed by atoms with Gasteiger partial charge in [-0.15, -0.1) is 0 Å². The van der Waals surface area contributed by atoms with Gasteiger partial charge in [0.25, 0.3) is 0 Å². The van der Waals surface area contributed by atoms with Crippen molar-refractivity contribution < 1.29 is 43.1 Å². The van der Waals surface area contributed by atoms with Crippen molar-refractivity contribution in [3.63, 3.8) is 0 Å². The molecule has 2 saturated heterocycles. The summed E-state index contributed by atoms with van der Waals surface area (Å²) in [5.41, 5.74) is 7.25. The number of likely N-dealkylation sites (N-methyl/N-ethyl adjacent to an activating group) is 2. The largest absolute Gasteiger partial charge is 0.493 e. The number of carboxylic acid groups (broad SMARTS) is 1. The van der Waals surface area contributed by atoms with Crippen molar-refractivity contribution in [1.82, 2.24) is 20.4 Å². The third-order valence-corrected chi connectivity index (χ3v) is 14.4. The van der Waals surface area contributed by atoms with Gasteiger partial charge in [0, 0.05) is 48.2 Å². The Kier molecular flexibility index (Phi) is 11.8. The van der Waals surface area contributed by atoms with E-state index in [4.69, 9.17) is 33.5 Å². The number of hydrogen-bond donors (Lipinski definition) is 3. The topological polar surface area (TPSA) is 140 Å². The van der Waals surface area contributed by atoms with Crippen LogP contribution in [0.1, 0.15) is 71.1 Å². The van der Waals surface area contributed by atoms with Crippen LogP contribution in [0.15, 0.2) is 60.7 Å². The quantitative estimate of drug-likeness (QED) is 0.124. The van der Waals surface area contributed by atoms with Gasteiger partial charge in [0.1, 0.15) is 5.75 Å². The van der Waals surface area contributed by atoms with Gasteiger partial charge in [0.2, 0.25) is 12.5 Å². The molecule has 7 aliphatic heterocycles. The fourth-order valence-corrected chi connectivity index (χ4v) is 11.1. The highest BCUT2D eigenvalue weighted by Gasteiger charge is 2.42. The molecule has 0 aliphatic carbocycles. The zero-order valence-electron chi connectivity index (χ0n) is 35.2. The summed E-state index contributed by atoms with van der Waals surface area (Å²) in [7, 11) is 7.77. The first-order chi connectivity index (χ1) is 29.6. The number of amides is 2. The summed E-state index contributed by atoms with van der Waals surface area (Å²) in [6.45, 7) is 2.06. The van der Waals surface area contributed by atoms with Gasteiger partial charge in [-0.3, -0.25) is 14.6 Å². The van der Waals surface area contributed by atoms with Gasteiger partial charge in [0.05, 0.1) is 26.3 Å². The molecule has 4 aromatic carbocycles. The number of ether oxygens (including phenoxy) is 6. The van der Waals surface area contributed by atoms with E-state index in [-0.39, 0.29) is 43.4 Å². The molecule has 0 saturated carbocycles. The number of aliphatic carboxylic acids is 1. The van der Waals surface area contributed by atoms with Crippen LogP contribution in [0.4, 0.5) is 4.79 Å². The van der Waals surface area contributed by atoms with Crippen molar-refractivity contribution in [1.29, 1.82) is 0 Å². The Balaban J connectivity index is 0.000000250. The van der Waals surface area contributed by atoms with Crippen LogP contribution >= 0.6 is 11.8 Å². The highest BCUT2D eigenvalue weighted by atomic mass is 32.2. The van der Waals surface area contributed by atoms with E-state index in [1.165, 1.54) is 22.3 Å². The minimum absolute atomic E-state index is 0.0640. The fraction of sp³-hybridized carbons (Fsp3) is 0.447. The summed E-state index contributed by atoms with van der Waals surface area (Å²) in [5, 5.41) is 14.8. The Labute approximate surface area is 361 Å². The highest BCUT2D eigenvalue weighted by molar-refractivity contribution is 8.00. The fourth-order valence-electron chi connectivity index (χ4n) is 9.59. The molecule has 0 radical (unpaired) electrons.